The lowest BCUT2D eigenvalue weighted by Crippen LogP contribution is -2.49. The molecule has 1 aromatic heterocycles. The molecule has 0 aliphatic heterocycles. The Kier molecular flexibility index (Phi) is 2.60. The molecule has 6 nitrogen and oxygen atoms in total. The molecule has 0 saturated heterocycles. The van der Waals surface area contributed by atoms with E-state index in [1.165, 1.54) is 12.8 Å². The molecular weight excluding hydrogens is 232 g/mol. The number of carbonyl (C=O) groups is 1. The van der Waals surface area contributed by atoms with Gasteiger partial charge in [0.2, 0.25) is 0 Å². The molecule has 18 heavy (non-hydrogen) atoms. The molecule has 3 rings (SSSR count). The van der Waals surface area contributed by atoms with Crippen LogP contribution in [0.25, 0.3) is 0 Å². The van der Waals surface area contributed by atoms with Gasteiger partial charge in [0.05, 0.1) is 0 Å². The van der Waals surface area contributed by atoms with Crippen molar-refractivity contribution in [2.24, 2.45) is 5.92 Å². The number of carboxylic acid groups (broad SMARTS) is 1. The summed E-state index contributed by atoms with van der Waals surface area (Å²) in [5.74, 6) is 0.840. The zero-order valence-electron chi connectivity index (χ0n) is 10.5. The molecule has 2 aliphatic carbocycles. The van der Waals surface area contributed by atoms with Crippen molar-refractivity contribution >= 4 is 5.97 Å². The molecule has 2 fully saturated rings. The summed E-state index contributed by atoms with van der Waals surface area (Å²) in [6.45, 7) is 2.20. The number of tetrazole rings is 1. The van der Waals surface area contributed by atoms with Crippen molar-refractivity contribution in [2.75, 3.05) is 0 Å². The first-order valence-electron chi connectivity index (χ1n) is 6.67. The largest absolute Gasteiger partial charge is 0.479 e. The Balaban J connectivity index is 1.98. The Morgan fingerprint density at radius 2 is 2.17 bits per heavy atom. The highest BCUT2D eigenvalue weighted by Gasteiger charge is 2.50. The highest BCUT2D eigenvalue weighted by Crippen LogP contribution is 2.44. The zero-order chi connectivity index (χ0) is 12.8. The third-order valence-corrected chi connectivity index (χ3v) is 4.67. The van der Waals surface area contributed by atoms with Crippen molar-refractivity contribution in [2.45, 2.75) is 56.9 Å². The average Bonchev–Trinajstić information content (AvgIpc) is 2.84. The summed E-state index contributed by atoms with van der Waals surface area (Å²) >= 11 is 0. The highest BCUT2D eigenvalue weighted by molar-refractivity contribution is 5.77. The van der Waals surface area contributed by atoms with Gasteiger partial charge >= 0.3 is 5.97 Å². The van der Waals surface area contributed by atoms with Crippen LogP contribution in [-0.4, -0.2) is 31.3 Å². The van der Waals surface area contributed by atoms with Crippen molar-refractivity contribution in [1.82, 2.24) is 20.2 Å². The van der Waals surface area contributed by atoms with E-state index in [0.717, 1.165) is 18.7 Å². The van der Waals surface area contributed by atoms with E-state index in [4.69, 9.17) is 0 Å². The van der Waals surface area contributed by atoms with Gasteiger partial charge in [-0.1, -0.05) is 13.3 Å². The van der Waals surface area contributed by atoms with Crippen molar-refractivity contribution in [3.8, 4) is 0 Å². The second-order valence-electron chi connectivity index (χ2n) is 5.65. The third-order valence-electron chi connectivity index (χ3n) is 4.67. The van der Waals surface area contributed by atoms with E-state index < -0.39 is 11.5 Å². The fourth-order valence-corrected chi connectivity index (χ4v) is 3.29. The summed E-state index contributed by atoms with van der Waals surface area (Å²) in [5, 5.41) is 21.3. The van der Waals surface area contributed by atoms with Crippen molar-refractivity contribution < 1.29 is 9.90 Å². The molecule has 2 unspecified atom stereocenters. The van der Waals surface area contributed by atoms with Crippen LogP contribution in [0.5, 0.6) is 0 Å². The van der Waals surface area contributed by atoms with Crippen molar-refractivity contribution in [3.63, 3.8) is 0 Å². The normalized spacial score (nSPS) is 30.1. The summed E-state index contributed by atoms with van der Waals surface area (Å²) in [5.41, 5.74) is -0.874. The molecule has 2 saturated carbocycles. The molecule has 2 atom stereocenters. The molecule has 1 heterocycles. The van der Waals surface area contributed by atoms with Crippen LogP contribution in [0.4, 0.5) is 0 Å². The fraction of sp³-hybridized carbons (Fsp3) is 0.833. The van der Waals surface area contributed by atoms with Gasteiger partial charge in [0.25, 0.3) is 0 Å². The molecule has 98 valence electrons. The molecular formula is C12H18N4O2. The Bertz CT molecular complexity index is 466. The van der Waals surface area contributed by atoms with E-state index in [1.54, 1.807) is 4.68 Å². The molecule has 0 spiro atoms. The predicted octanol–water partition coefficient (Wildman–Crippen LogP) is 1.54. The van der Waals surface area contributed by atoms with Crippen molar-refractivity contribution in [1.29, 1.82) is 0 Å². The first-order chi connectivity index (χ1) is 8.65. The zero-order valence-corrected chi connectivity index (χ0v) is 10.5. The van der Waals surface area contributed by atoms with Crippen LogP contribution in [-0.2, 0) is 10.3 Å². The highest BCUT2D eigenvalue weighted by atomic mass is 16.4. The van der Waals surface area contributed by atoms with Gasteiger partial charge in [-0.05, 0) is 48.4 Å². The number of hydrogen-bond acceptors (Lipinski definition) is 4. The van der Waals surface area contributed by atoms with Crippen LogP contribution in [0.2, 0.25) is 0 Å². The topological polar surface area (TPSA) is 80.9 Å². The molecule has 0 aromatic carbocycles. The predicted molar refractivity (Wildman–Crippen MR) is 63.0 cm³/mol. The van der Waals surface area contributed by atoms with Crippen LogP contribution in [0, 0.1) is 5.92 Å². The molecule has 1 aromatic rings. The maximum Gasteiger partial charge on any atom is 0.331 e. The Hall–Kier alpha value is -1.46. The van der Waals surface area contributed by atoms with E-state index in [0.29, 0.717) is 24.7 Å². The summed E-state index contributed by atoms with van der Waals surface area (Å²) in [6.07, 6.45) is 5.64. The Morgan fingerprint density at radius 3 is 2.67 bits per heavy atom. The van der Waals surface area contributed by atoms with Gasteiger partial charge in [-0.25, -0.2) is 9.48 Å². The number of nitrogens with zero attached hydrogens (tertiary/aromatic N) is 4. The molecule has 6 heteroatoms. The number of carboxylic acids is 1. The lowest BCUT2D eigenvalue weighted by atomic mass is 9.76. The quantitative estimate of drug-likeness (QED) is 0.880. The smallest absolute Gasteiger partial charge is 0.331 e. The maximum absolute atomic E-state index is 11.5. The number of rotatable bonds is 3. The van der Waals surface area contributed by atoms with Crippen LogP contribution in [0.3, 0.4) is 0 Å². The lowest BCUT2D eigenvalue weighted by molar-refractivity contribution is -0.153. The lowest BCUT2D eigenvalue weighted by Gasteiger charge is -2.38. The number of hydrogen-bond donors (Lipinski definition) is 1. The van der Waals surface area contributed by atoms with Gasteiger partial charge in [-0.3, -0.25) is 0 Å². The second kappa shape index (κ2) is 4.03. The van der Waals surface area contributed by atoms with Crippen LogP contribution in [0.15, 0.2) is 0 Å². The van der Waals surface area contributed by atoms with Gasteiger partial charge in [0.1, 0.15) is 0 Å². The van der Waals surface area contributed by atoms with E-state index in [9.17, 15) is 9.90 Å². The number of aromatic nitrogens is 4. The molecule has 1 N–H and O–H groups in total. The second-order valence-corrected chi connectivity index (χ2v) is 5.65. The summed E-state index contributed by atoms with van der Waals surface area (Å²) < 4.78 is 1.60. The minimum atomic E-state index is -0.874. The molecule has 0 bridgehead atoms. The van der Waals surface area contributed by atoms with Gasteiger partial charge in [-0.15, -0.1) is 5.10 Å². The van der Waals surface area contributed by atoms with Gasteiger partial charge in [-0.2, -0.15) is 0 Å². The van der Waals surface area contributed by atoms with Crippen LogP contribution < -0.4 is 0 Å². The van der Waals surface area contributed by atoms with E-state index in [-0.39, 0.29) is 0 Å². The van der Waals surface area contributed by atoms with E-state index >= 15 is 0 Å². The fourth-order valence-electron chi connectivity index (χ4n) is 3.29. The molecule has 0 radical (unpaired) electrons. The summed E-state index contributed by atoms with van der Waals surface area (Å²) in [4.78, 5) is 11.5. The first-order valence-corrected chi connectivity index (χ1v) is 6.67. The average molecular weight is 250 g/mol. The summed E-state index contributed by atoms with van der Waals surface area (Å²) in [7, 11) is 0. The van der Waals surface area contributed by atoms with E-state index in [2.05, 4.69) is 22.4 Å². The maximum atomic E-state index is 11.5. The van der Waals surface area contributed by atoms with Gasteiger partial charge < -0.3 is 5.11 Å². The van der Waals surface area contributed by atoms with Crippen LogP contribution >= 0.6 is 0 Å². The minimum Gasteiger partial charge on any atom is -0.479 e. The summed E-state index contributed by atoms with van der Waals surface area (Å²) in [6, 6.07) is 0. The molecule has 0 amide bonds. The first kappa shape index (κ1) is 11.6. The number of aliphatic carboxylic acids is 1. The molecule has 2 aliphatic rings. The Labute approximate surface area is 105 Å². The van der Waals surface area contributed by atoms with E-state index in [1.807, 2.05) is 0 Å². The monoisotopic (exact) mass is 250 g/mol. The SMILES string of the molecule is CC1CCCC1c1nnnn1C1(C(=O)O)CCC1. The van der Waals surface area contributed by atoms with Gasteiger partial charge in [0.15, 0.2) is 11.4 Å². The Morgan fingerprint density at radius 1 is 1.39 bits per heavy atom. The van der Waals surface area contributed by atoms with Gasteiger partial charge in [0, 0.05) is 5.92 Å². The van der Waals surface area contributed by atoms with Crippen LogP contribution in [0.1, 0.15) is 57.2 Å². The third kappa shape index (κ3) is 1.47. The standard InChI is InChI=1S/C12H18N4O2/c1-8-4-2-5-9(8)10-13-14-15-16(10)12(11(17)18)6-3-7-12/h8-9H,2-7H2,1H3,(H,17,18). The minimum absolute atomic E-state index is 0.317. The van der Waals surface area contributed by atoms with Crippen molar-refractivity contribution in [3.05, 3.63) is 5.82 Å².